The van der Waals surface area contributed by atoms with Gasteiger partial charge in [0.05, 0.1) is 11.3 Å². The SMILES string of the molecule is Nc1nc2cccc(-c3ccccc3C(F)(F)F)n2n1. The summed E-state index contributed by atoms with van der Waals surface area (Å²) in [5, 5.41) is 3.93. The van der Waals surface area contributed by atoms with Crippen LogP contribution in [0.15, 0.2) is 42.5 Å². The third kappa shape index (κ3) is 1.97. The number of nitrogens with two attached hydrogens (primary N) is 1. The molecule has 7 heteroatoms. The van der Waals surface area contributed by atoms with Crippen molar-refractivity contribution in [2.75, 3.05) is 5.73 Å². The third-order valence-corrected chi connectivity index (χ3v) is 2.88. The smallest absolute Gasteiger partial charge is 0.366 e. The van der Waals surface area contributed by atoms with E-state index in [2.05, 4.69) is 10.1 Å². The van der Waals surface area contributed by atoms with E-state index >= 15 is 0 Å². The molecule has 3 rings (SSSR count). The Morgan fingerprint density at radius 2 is 1.75 bits per heavy atom. The van der Waals surface area contributed by atoms with Gasteiger partial charge in [-0.1, -0.05) is 24.3 Å². The van der Waals surface area contributed by atoms with E-state index in [0.717, 1.165) is 6.07 Å². The molecule has 0 bridgehead atoms. The molecule has 3 aromatic rings. The van der Waals surface area contributed by atoms with Gasteiger partial charge in [-0.05, 0) is 18.2 Å². The Morgan fingerprint density at radius 1 is 1.00 bits per heavy atom. The van der Waals surface area contributed by atoms with Crippen LogP contribution < -0.4 is 5.73 Å². The van der Waals surface area contributed by atoms with E-state index in [4.69, 9.17) is 5.73 Å². The van der Waals surface area contributed by atoms with Crippen LogP contribution in [-0.2, 0) is 6.18 Å². The Morgan fingerprint density at radius 3 is 2.50 bits per heavy atom. The number of rotatable bonds is 1. The highest BCUT2D eigenvalue weighted by Gasteiger charge is 2.33. The van der Waals surface area contributed by atoms with E-state index in [1.807, 2.05) is 0 Å². The van der Waals surface area contributed by atoms with E-state index in [9.17, 15) is 13.2 Å². The molecular weight excluding hydrogens is 269 g/mol. The fraction of sp³-hybridized carbons (Fsp3) is 0.0769. The van der Waals surface area contributed by atoms with Gasteiger partial charge in [0.2, 0.25) is 5.95 Å². The van der Waals surface area contributed by atoms with Gasteiger partial charge in [0.15, 0.2) is 5.65 Å². The van der Waals surface area contributed by atoms with Gasteiger partial charge < -0.3 is 5.73 Å². The van der Waals surface area contributed by atoms with Gasteiger partial charge in [0.1, 0.15) is 0 Å². The topological polar surface area (TPSA) is 56.2 Å². The van der Waals surface area contributed by atoms with Gasteiger partial charge in [0.25, 0.3) is 0 Å². The predicted molar refractivity (Wildman–Crippen MR) is 67.8 cm³/mol. The maximum Gasteiger partial charge on any atom is 0.417 e. The lowest BCUT2D eigenvalue weighted by molar-refractivity contribution is -0.137. The number of anilines is 1. The van der Waals surface area contributed by atoms with Gasteiger partial charge >= 0.3 is 6.18 Å². The van der Waals surface area contributed by atoms with Crippen molar-refractivity contribution in [1.82, 2.24) is 14.6 Å². The quantitative estimate of drug-likeness (QED) is 0.744. The maximum atomic E-state index is 13.1. The van der Waals surface area contributed by atoms with E-state index in [0.29, 0.717) is 11.3 Å². The highest BCUT2D eigenvalue weighted by molar-refractivity contribution is 5.67. The Kier molecular flexibility index (Phi) is 2.63. The van der Waals surface area contributed by atoms with Crippen LogP contribution in [0.25, 0.3) is 16.9 Å². The van der Waals surface area contributed by atoms with Crippen LogP contribution in [0.4, 0.5) is 19.1 Å². The number of aromatic nitrogens is 3. The molecular formula is C13H9F3N4. The highest BCUT2D eigenvalue weighted by Crippen LogP contribution is 2.36. The van der Waals surface area contributed by atoms with Crippen molar-refractivity contribution >= 4 is 11.6 Å². The van der Waals surface area contributed by atoms with E-state index < -0.39 is 11.7 Å². The van der Waals surface area contributed by atoms with Gasteiger partial charge in [-0.25, -0.2) is 4.52 Å². The van der Waals surface area contributed by atoms with Gasteiger partial charge in [-0.15, -0.1) is 5.10 Å². The molecule has 20 heavy (non-hydrogen) atoms. The zero-order valence-electron chi connectivity index (χ0n) is 10.1. The van der Waals surface area contributed by atoms with Crippen LogP contribution in [0.3, 0.4) is 0 Å². The van der Waals surface area contributed by atoms with Gasteiger partial charge in [0, 0.05) is 5.56 Å². The maximum absolute atomic E-state index is 13.1. The van der Waals surface area contributed by atoms with Crippen LogP contribution in [0.5, 0.6) is 0 Å². The monoisotopic (exact) mass is 278 g/mol. The zero-order chi connectivity index (χ0) is 14.3. The number of nitrogens with zero attached hydrogens (tertiary/aromatic N) is 3. The normalized spacial score (nSPS) is 11.9. The molecule has 0 aliphatic heterocycles. The molecule has 0 radical (unpaired) electrons. The number of hydrogen-bond acceptors (Lipinski definition) is 3. The molecule has 2 N–H and O–H groups in total. The second kappa shape index (κ2) is 4.22. The summed E-state index contributed by atoms with van der Waals surface area (Å²) in [5.41, 5.74) is 5.50. The summed E-state index contributed by atoms with van der Waals surface area (Å²) in [5.74, 6) is 0.0157. The van der Waals surface area contributed by atoms with Crippen molar-refractivity contribution in [3.63, 3.8) is 0 Å². The second-order valence-corrected chi connectivity index (χ2v) is 4.19. The number of pyridine rings is 1. The second-order valence-electron chi connectivity index (χ2n) is 4.19. The van der Waals surface area contributed by atoms with Crippen molar-refractivity contribution in [1.29, 1.82) is 0 Å². The molecule has 0 atom stereocenters. The van der Waals surface area contributed by atoms with Crippen molar-refractivity contribution in [2.45, 2.75) is 6.18 Å². The number of hydrogen-bond donors (Lipinski definition) is 1. The number of halogens is 3. The molecule has 0 saturated carbocycles. The van der Waals surface area contributed by atoms with Gasteiger partial charge in [-0.2, -0.15) is 18.2 Å². The first-order chi connectivity index (χ1) is 9.47. The molecule has 0 saturated heterocycles. The molecule has 0 aliphatic rings. The van der Waals surface area contributed by atoms with Crippen LogP contribution >= 0.6 is 0 Å². The molecule has 2 heterocycles. The summed E-state index contributed by atoms with van der Waals surface area (Å²) < 4.78 is 40.5. The number of fused-ring (bicyclic) bond motifs is 1. The molecule has 2 aromatic heterocycles. The lowest BCUT2D eigenvalue weighted by atomic mass is 10.0. The number of alkyl halides is 3. The summed E-state index contributed by atoms with van der Waals surface area (Å²) in [6.07, 6.45) is -4.44. The first-order valence-corrected chi connectivity index (χ1v) is 5.75. The molecule has 102 valence electrons. The summed E-state index contributed by atoms with van der Waals surface area (Å²) >= 11 is 0. The summed E-state index contributed by atoms with van der Waals surface area (Å²) in [6, 6.07) is 10.1. The Bertz CT molecular complexity index is 777. The van der Waals surface area contributed by atoms with Crippen LogP contribution in [0.1, 0.15) is 5.56 Å². The minimum Gasteiger partial charge on any atom is -0.366 e. The van der Waals surface area contributed by atoms with Crippen molar-refractivity contribution in [3.8, 4) is 11.3 Å². The standard InChI is InChI=1S/C13H9F3N4/c14-13(15,16)9-5-2-1-4-8(9)10-6-3-7-11-18-12(17)19-20(10)11/h1-7H,(H2,17,19). The van der Waals surface area contributed by atoms with Crippen LogP contribution in [-0.4, -0.2) is 14.6 Å². The molecule has 0 fully saturated rings. The minimum atomic E-state index is -4.44. The zero-order valence-corrected chi connectivity index (χ0v) is 10.1. The molecule has 1 aromatic carbocycles. The largest absolute Gasteiger partial charge is 0.417 e. The summed E-state index contributed by atoms with van der Waals surface area (Å²) in [6.45, 7) is 0. The van der Waals surface area contributed by atoms with Crippen LogP contribution in [0, 0.1) is 0 Å². The minimum absolute atomic E-state index is 0.0157. The molecule has 0 aliphatic carbocycles. The lowest BCUT2D eigenvalue weighted by Crippen LogP contribution is -2.08. The van der Waals surface area contributed by atoms with E-state index in [-0.39, 0.29) is 11.5 Å². The van der Waals surface area contributed by atoms with E-state index in [1.54, 1.807) is 24.3 Å². The fourth-order valence-corrected chi connectivity index (χ4v) is 2.08. The predicted octanol–water partition coefficient (Wildman–Crippen LogP) is 3.00. The Balaban J connectivity index is 2.32. The Labute approximate surface area is 111 Å². The van der Waals surface area contributed by atoms with Crippen molar-refractivity contribution in [2.24, 2.45) is 0 Å². The number of benzene rings is 1. The number of nitrogen functional groups attached to an aromatic ring is 1. The molecule has 0 amide bonds. The fourth-order valence-electron chi connectivity index (χ4n) is 2.08. The molecule has 0 unspecified atom stereocenters. The van der Waals surface area contributed by atoms with Crippen LogP contribution in [0.2, 0.25) is 0 Å². The Hall–Kier alpha value is -2.57. The lowest BCUT2D eigenvalue weighted by Gasteiger charge is -2.13. The van der Waals surface area contributed by atoms with Gasteiger partial charge in [-0.3, -0.25) is 0 Å². The first kappa shape index (κ1) is 12.5. The summed E-state index contributed by atoms with van der Waals surface area (Å²) in [7, 11) is 0. The average molecular weight is 278 g/mol. The van der Waals surface area contributed by atoms with E-state index in [1.165, 1.54) is 16.6 Å². The third-order valence-electron chi connectivity index (χ3n) is 2.88. The molecule has 0 spiro atoms. The highest BCUT2D eigenvalue weighted by atomic mass is 19.4. The molecule has 4 nitrogen and oxygen atoms in total. The average Bonchev–Trinajstić information content (AvgIpc) is 2.77. The summed E-state index contributed by atoms with van der Waals surface area (Å²) in [4.78, 5) is 3.94. The first-order valence-electron chi connectivity index (χ1n) is 5.75. The van der Waals surface area contributed by atoms with Crippen molar-refractivity contribution in [3.05, 3.63) is 48.0 Å². The van der Waals surface area contributed by atoms with Crippen molar-refractivity contribution < 1.29 is 13.2 Å².